The van der Waals surface area contributed by atoms with Crippen LogP contribution in [0.5, 0.6) is 0 Å². The largest absolute Gasteiger partial charge is 0.416 e. The van der Waals surface area contributed by atoms with Crippen LogP contribution in [0.2, 0.25) is 0 Å². The Morgan fingerprint density at radius 1 is 1.21 bits per heavy atom. The van der Waals surface area contributed by atoms with Gasteiger partial charge in [-0.15, -0.1) is 0 Å². The van der Waals surface area contributed by atoms with Crippen LogP contribution in [0.1, 0.15) is 11.1 Å². The highest BCUT2D eigenvalue weighted by atomic mass is 19.4. The second-order valence-corrected chi connectivity index (χ2v) is 4.14. The average molecular weight is 269 g/mol. The first-order valence-corrected chi connectivity index (χ1v) is 5.53. The molecule has 0 amide bonds. The first-order chi connectivity index (χ1) is 8.79. The molecule has 19 heavy (non-hydrogen) atoms. The SMILES string of the molecule is CN(C)C=CC(=O)C=Cc1cccc(C(F)(F)F)c1. The Labute approximate surface area is 109 Å². The number of benzene rings is 1. The van der Waals surface area contributed by atoms with Gasteiger partial charge in [-0.1, -0.05) is 18.2 Å². The molecule has 1 aromatic rings. The van der Waals surface area contributed by atoms with Crippen LogP contribution in [0, 0.1) is 0 Å². The highest BCUT2D eigenvalue weighted by Gasteiger charge is 2.30. The number of halogens is 3. The number of hydrogen-bond donors (Lipinski definition) is 0. The Morgan fingerprint density at radius 3 is 2.47 bits per heavy atom. The fourth-order valence-corrected chi connectivity index (χ4v) is 1.28. The zero-order chi connectivity index (χ0) is 14.5. The lowest BCUT2D eigenvalue weighted by Gasteiger charge is -2.06. The third kappa shape index (κ3) is 5.42. The molecular weight excluding hydrogens is 255 g/mol. The Bertz CT molecular complexity index is 502. The van der Waals surface area contributed by atoms with Crippen molar-refractivity contribution in [1.29, 1.82) is 0 Å². The maximum absolute atomic E-state index is 12.5. The molecule has 1 rings (SSSR count). The van der Waals surface area contributed by atoms with Crippen LogP contribution in [0.4, 0.5) is 13.2 Å². The summed E-state index contributed by atoms with van der Waals surface area (Å²) in [6.45, 7) is 0. The van der Waals surface area contributed by atoms with Gasteiger partial charge in [0.2, 0.25) is 0 Å². The van der Waals surface area contributed by atoms with E-state index in [0.717, 1.165) is 12.1 Å². The van der Waals surface area contributed by atoms with Gasteiger partial charge < -0.3 is 4.90 Å². The minimum Gasteiger partial charge on any atom is -0.383 e. The molecule has 0 N–H and O–H groups in total. The Balaban J connectivity index is 2.80. The third-order valence-corrected chi connectivity index (χ3v) is 2.19. The highest BCUT2D eigenvalue weighted by Crippen LogP contribution is 2.29. The predicted molar refractivity (Wildman–Crippen MR) is 68.3 cm³/mol. The first kappa shape index (κ1) is 15.0. The van der Waals surface area contributed by atoms with Gasteiger partial charge in [0.15, 0.2) is 5.78 Å². The summed E-state index contributed by atoms with van der Waals surface area (Å²) >= 11 is 0. The fraction of sp³-hybridized carbons (Fsp3) is 0.214. The molecule has 0 aliphatic carbocycles. The predicted octanol–water partition coefficient (Wildman–Crippen LogP) is 3.36. The Morgan fingerprint density at radius 2 is 1.89 bits per heavy atom. The summed E-state index contributed by atoms with van der Waals surface area (Å²) in [4.78, 5) is 13.1. The molecule has 0 atom stereocenters. The van der Waals surface area contributed by atoms with Gasteiger partial charge in [-0.25, -0.2) is 0 Å². The van der Waals surface area contributed by atoms with Crippen LogP contribution in [0.25, 0.3) is 6.08 Å². The second kappa shape index (κ2) is 6.22. The standard InChI is InChI=1S/C14H14F3NO/c1-18(2)9-8-13(19)7-6-11-4-3-5-12(10-11)14(15,16)17/h3-10H,1-2H3. The Kier molecular flexibility index (Phi) is 4.92. The van der Waals surface area contributed by atoms with Crippen LogP contribution in [0.15, 0.2) is 42.6 Å². The maximum atomic E-state index is 12.5. The lowest BCUT2D eigenvalue weighted by Crippen LogP contribution is -2.04. The van der Waals surface area contributed by atoms with Gasteiger partial charge in [-0.3, -0.25) is 4.79 Å². The van der Waals surface area contributed by atoms with Crippen molar-refractivity contribution < 1.29 is 18.0 Å². The molecule has 0 heterocycles. The molecule has 102 valence electrons. The number of carbonyl (C=O) groups excluding carboxylic acids is 1. The maximum Gasteiger partial charge on any atom is 0.416 e. The van der Waals surface area contributed by atoms with Crippen LogP contribution < -0.4 is 0 Å². The number of ketones is 1. The molecule has 0 aromatic heterocycles. The molecule has 0 aliphatic rings. The Hall–Kier alpha value is -2.04. The van der Waals surface area contributed by atoms with Crippen LogP contribution >= 0.6 is 0 Å². The minimum absolute atomic E-state index is 0.286. The third-order valence-electron chi connectivity index (χ3n) is 2.19. The quantitative estimate of drug-likeness (QED) is 0.781. The van der Waals surface area contributed by atoms with Crippen molar-refractivity contribution in [2.45, 2.75) is 6.18 Å². The molecule has 0 saturated heterocycles. The summed E-state index contributed by atoms with van der Waals surface area (Å²) in [6.07, 6.45) is 1.12. The summed E-state index contributed by atoms with van der Waals surface area (Å²) < 4.78 is 37.4. The number of hydrogen-bond acceptors (Lipinski definition) is 2. The lowest BCUT2D eigenvalue weighted by molar-refractivity contribution is -0.137. The van der Waals surface area contributed by atoms with Crippen molar-refractivity contribution in [2.24, 2.45) is 0 Å². The normalized spacial score (nSPS) is 12.3. The first-order valence-electron chi connectivity index (χ1n) is 5.53. The number of nitrogens with zero attached hydrogens (tertiary/aromatic N) is 1. The molecule has 2 nitrogen and oxygen atoms in total. The molecule has 1 aromatic carbocycles. The van der Waals surface area contributed by atoms with Crippen molar-refractivity contribution in [2.75, 3.05) is 14.1 Å². The smallest absolute Gasteiger partial charge is 0.383 e. The van der Waals surface area contributed by atoms with E-state index in [0.29, 0.717) is 5.56 Å². The molecule has 0 radical (unpaired) electrons. The zero-order valence-electron chi connectivity index (χ0n) is 10.6. The van der Waals surface area contributed by atoms with Gasteiger partial charge in [0.05, 0.1) is 5.56 Å². The van der Waals surface area contributed by atoms with Gasteiger partial charge in [-0.2, -0.15) is 13.2 Å². The highest BCUT2D eigenvalue weighted by molar-refractivity contribution is 6.01. The van der Waals surface area contributed by atoms with E-state index in [1.54, 1.807) is 25.2 Å². The summed E-state index contributed by atoms with van der Waals surface area (Å²) in [5.74, 6) is -0.286. The number of rotatable bonds is 4. The number of allylic oxidation sites excluding steroid dienone is 2. The lowest BCUT2D eigenvalue weighted by atomic mass is 10.1. The number of carbonyl (C=O) groups is 1. The van der Waals surface area contributed by atoms with Crippen LogP contribution in [-0.4, -0.2) is 24.8 Å². The monoisotopic (exact) mass is 269 g/mol. The molecule has 0 saturated carbocycles. The van der Waals surface area contributed by atoms with E-state index in [-0.39, 0.29) is 5.78 Å². The topological polar surface area (TPSA) is 20.3 Å². The summed E-state index contributed by atoms with van der Waals surface area (Å²) in [5.41, 5.74) is -0.396. The van der Waals surface area contributed by atoms with Gasteiger partial charge >= 0.3 is 6.18 Å². The van der Waals surface area contributed by atoms with Gasteiger partial charge in [-0.05, 0) is 23.8 Å². The van der Waals surface area contributed by atoms with E-state index < -0.39 is 11.7 Å². The van der Waals surface area contributed by atoms with E-state index >= 15 is 0 Å². The molecule has 0 unspecified atom stereocenters. The van der Waals surface area contributed by atoms with E-state index in [1.165, 1.54) is 30.4 Å². The molecule has 5 heteroatoms. The van der Waals surface area contributed by atoms with Gasteiger partial charge in [0.1, 0.15) is 0 Å². The van der Waals surface area contributed by atoms with Crippen LogP contribution in [0.3, 0.4) is 0 Å². The minimum atomic E-state index is -4.38. The van der Waals surface area contributed by atoms with Crippen molar-refractivity contribution >= 4 is 11.9 Å². The van der Waals surface area contributed by atoms with Gasteiger partial charge in [0, 0.05) is 26.4 Å². The summed E-state index contributed by atoms with van der Waals surface area (Å²) in [7, 11) is 3.53. The van der Waals surface area contributed by atoms with Crippen molar-refractivity contribution in [3.8, 4) is 0 Å². The molecule has 0 spiro atoms. The molecule has 0 aliphatic heterocycles. The van der Waals surface area contributed by atoms with Crippen molar-refractivity contribution in [3.05, 3.63) is 53.7 Å². The zero-order valence-corrected chi connectivity index (χ0v) is 10.6. The van der Waals surface area contributed by atoms with E-state index in [2.05, 4.69) is 0 Å². The van der Waals surface area contributed by atoms with Crippen molar-refractivity contribution in [1.82, 2.24) is 4.90 Å². The fourth-order valence-electron chi connectivity index (χ4n) is 1.28. The second-order valence-electron chi connectivity index (χ2n) is 4.14. The molecular formula is C14H14F3NO. The summed E-state index contributed by atoms with van der Waals surface area (Å²) in [6, 6.07) is 4.81. The summed E-state index contributed by atoms with van der Waals surface area (Å²) in [5, 5.41) is 0. The van der Waals surface area contributed by atoms with Crippen molar-refractivity contribution in [3.63, 3.8) is 0 Å². The van der Waals surface area contributed by atoms with Gasteiger partial charge in [0.25, 0.3) is 0 Å². The molecule has 0 fully saturated rings. The molecule has 0 bridgehead atoms. The van der Waals surface area contributed by atoms with Crippen LogP contribution in [-0.2, 0) is 11.0 Å². The van der Waals surface area contributed by atoms with E-state index in [1.807, 2.05) is 0 Å². The average Bonchev–Trinajstić information content (AvgIpc) is 2.33. The van der Waals surface area contributed by atoms with E-state index in [4.69, 9.17) is 0 Å². The number of alkyl halides is 3. The van der Waals surface area contributed by atoms with E-state index in [9.17, 15) is 18.0 Å².